The molecule has 0 aromatic heterocycles. The Morgan fingerprint density at radius 3 is 2.53 bits per heavy atom. The minimum absolute atomic E-state index is 0.171. The monoisotopic (exact) mass is 463 g/mol. The van der Waals surface area contributed by atoms with Gasteiger partial charge in [-0.2, -0.15) is 5.10 Å². The van der Waals surface area contributed by atoms with E-state index in [1.54, 1.807) is 18.3 Å². The number of nitrogens with zero attached hydrogens (tertiary/aromatic N) is 1. The van der Waals surface area contributed by atoms with Crippen molar-refractivity contribution in [2.45, 2.75) is 16.2 Å². The Morgan fingerprint density at radius 2 is 1.83 bits per heavy atom. The van der Waals surface area contributed by atoms with Gasteiger partial charge in [0.25, 0.3) is 10.0 Å². The molecule has 3 N–H and O–H groups in total. The maximum atomic E-state index is 13.3. The zero-order valence-corrected chi connectivity index (χ0v) is 18.1. The largest absolute Gasteiger partial charge is 0.323 e. The first-order chi connectivity index (χ1) is 14.4. The predicted octanol–water partition coefficient (Wildman–Crippen LogP) is 4.91. The van der Waals surface area contributed by atoms with Crippen LogP contribution < -0.4 is 10.6 Å². The number of hydrogen-bond acceptors (Lipinski definition) is 5. The molecular formula is C21H19ClFN3O2S2. The van der Waals surface area contributed by atoms with Gasteiger partial charge in [-0.15, -0.1) is 11.8 Å². The first-order valence-electron chi connectivity index (χ1n) is 8.91. The van der Waals surface area contributed by atoms with E-state index in [2.05, 4.69) is 9.82 Å². The molecule has 0 aliphatic carbocycles. The molecule has 3 aromatic rings. The molecule has 156 valence electrons. The van der Waals surface area contributed by atoms with Crippen LogP contribution in [0.5, 0.6) is 0 Å². The number of nitrogens with two attached hydrogens (primary N) is 1. The lowest BCUT2D eigenvalue weighted by atomic mass is 10.1. The van der Waals surface area contributed by atoms with Gasteiger partial charge in [0.2, 0.25) is 0 Å². The van der Waals surface area contributed by atoms with Crippen molar-refractivity contribution in [3.05, 3.63) is 88.7 Å². The number of thioether (sulfide) groups is 1. The summed E-state index contributed by atoms with van der Waals surface area (Å²) in [5.41, 5.74) is 2.51. The molecule has 3 aromatic carbocycles. The molecule has 0 aliphatic heterocycles. The Morgan fingerprint density at radius 1 is 1.10 bits per heavy atom. The lowest BCUT2D eigenvalue weighted by Gasteiger charge is -2.13. The van der Waals surface area contributed by atoms with E-state index < -0.39 is 15.8 Å². The number of nitrogens with one attached hydrogen (secondary N) is 1. The summed E-state index contributed by atoms with van der Waals surface area (Å²) < 4.78 is 41.2. The standard InChI is InChI=1S/C21H19ClFN3O2S2/c22-18-13-17(23)9-10-21(18)30(27,28)26-19-3-1-2-4-20(19)29-12-11-15-5-7-16(8-6-15)14-25-24/h1-10,13-14,26H,11-12,24H2. The zero-order chi connectivity index (χ0) is 21.6. The summed E-state index contributed by atoms with van der Waals surface area (Å²) in [4.78, 5) is 0.609. The summed E-state index contributed by atoms with van der Waals surface area (Å²) in [7, 11) is -3.96. The number of anilines is 1. The zero-order valence-electron chi connectivity index (χ0n) is 15.8. The third-order valence-electron chi connectivity index (χ3n) is 4.17. The van der Waals surface area contributed by atoms with Crippen molar-refractivity contribution < 1.29 is 12.8 Å². The van der Waals surface area contributed by atoms with Crippen molar-refractivity contribution in [1.82, 2.24) is 0 Å². The van der Waals surface area contributed by atoms with Crippen molar-refractivity contribution in [1.29, 1.82) is 0 Å². The molecule has 0 saturated carbocycles. The van der Waals surface area contributed by atoms with Crippen LogP contribution in [0.25, 0.3) is 0 Å². The van der Waals surface area contributed by atoms with E-state index in [1.165, 1.54) is 11.8 Å². The lowest BCUT2D eigenvalue weighted by Crippen LogP contribution is -2.14. The van der Waals surface area contributed by atoms with E-state index in [9.17, 15) is 12.8 Å². The third kappa shape index (κ3) is 5.75. The summed E-state index contributed by atoms with van der Waals surface area (Å²) in [5, 5.41) is 3.33. The van der Waals surface area contributed by atoms with Gasteiger partial charge in [0.05, 0.1) is 16.9 Å². The molecule has 3 rings (SSSR count). The van der Waals surface area contributed by atoms with Crippen molar-refractivity contribution >= 4 is 45.3 Å². The van der Waals surface area contributed by atoms with E-state index >= 15 is 0 Å². The SMILES string of the molecule is NN=Cc1ccc(CCSc2ccccc2NS(=O)(=O)c2ccc(F)cc2Cl)cc1. The molecule has 0 heterocycles. The van der Waals surface area contributed by atoms with Gasteiger partial charge in [-0.05, 0) is 47.9 Å². The highest BCUT2D eigenvalue weighted by Gasteiger charge is 2.20. The van der Waals surface area contributed by atoms with Crippen molar-refractivity contribution in [2.24, 2.45) is 10.9 Å². The fourth-order valence-corrected chi connectivity index (χ4v) is 5.39. The number of benzene rings is 3. The summed E-state index contributed by atoms with van der Waals surface area (Å²) in [6.07, 6.45) is 2.38. The fraction of sp³-hybridized carbons (Fsp3) is 0.0952. The number of halogens is 2. The predicted molar refractivity (Wildman–Crippen MR) is 121 cm³/mol. The van der Waals surface area contributed by atoms with Crippen LogP contribution in [-0.4, -0.2) is 20.4 Å². The molecular weight excluding hydrogens is 445 g/mol. The third-order valence-corrected chi connectivity index (χ3v) is 7.09. The number of aryl methyl sites for hydroxylation is 1. The van der Waals surface area contributed by atoms with Crippen LogP contribution in [0, 0.1) is 5.82 Å². The normalized spacial score (nSPS) is 11.7. The van der Waals surface area contributed by atoms with Crippen LogP contribution in [0.1, 0.15) is 11.1 Å². The van der Waals surface area contributed by atoms with Crippen LogP contribution in [0.2, 0.25) is 5.02 Å². The van der Waals surface area contributed by atoms with Gasteiger partial charge in [0, 0.05) is 10.6 Å². The summed E-state index contributed by atoms with van der Waals surface area (Å²) in [5.74, 6) is 5.30. The van der Waals surface area contributed by atoms with Crippen LogP contribution in [0.3, 0.4) is 0 Å². The molecule has 9 heteroatoms. The number of hydrazone groups is 1. The average molecular weight is 464 g/mol. The number of para-hydroxylation sites is 1. The molecule has 0 atom stereocenters. The molecule has 0 aliphatic rings. The van der Waals surface area contributed by atoms with Gasteiger partial charge < -0.3 is 5.84 Å². The second kappa shape index (κ2) is 9.97. The number of sulfonamides is 1. The van der Waals surface area contributed by atoms with E-state index in [-0.39, 0.29) is 9.92 Å². The molecule has 5 nitrogen and oxygen atoms in total. The Kier molecular flexibility index (Phi) is 7.36. The maximum Gasteiger partial charge on any atom is 0.263 e. The summed E-state index contributed by atoms with van der Waals surface area (Å²) in [6, 6.07) is 18.2. The molecule has 0 bridgehead atoms. The Balaban J connectivity index is 1.69. The second-order valence-electron chi connectivity index (χ2n) is 6.29. The topological polar surface area (TPSA) is 84.5 Å². The van der Waals surface area contributed by atoms with Crippen molar-refractivity contribution in [3.63, 3.8) is 0 Å². The fourth-order valence-electron chi connectivity index (χ4n) is 2.70. The lowest BCUT2D eigenvalue weighted by molar-refractivity contribution is 0.599. The van der Waals surface area contributed by atoms with E-state index in [1.807, 2.05) is 36.4 Å². The van der Waals surface area contributed by atoms with Crippen LogP contribution in [0.4, 0.5) is 10.1 Å². The first kappa shape index (κ1) is 22.1. The molecule has 0 saturated heterocycles. The maximum absolute atomic E-state index is 13.3. The minimum atomic E-state index is -3.96. The van der Waals surface area contributed by atoms with Gasteiger partial charge in [-0.1, -0.05) is 48.0 Å². The van der Waals surface area contributed by atoms with E-state index in [0.717, 1.165) is 46.4 Å². The van der Waals surface area contributed by atoms with Gasteiger partial charge >= 0.3 is 0 Å². The van der Waals surface area contributed by atoms with E-state index in [0.29, 0.717) is 5.69 Å². The van der Waals surface area contributed by atoms with Crippen LogP contribution >= 0.6 is 23.4 Å². The second-order valence-corrected chi connectivity index (χ2v) is 9.49. The molecule has 0 radical (unpaired) electrons. The van der Waals surface area contributed by atoms with Crippen molar-refractivity contribution in [3.8, 4) is 0 Å². The molecule has 0 spiro atoms. The molecule has 0 fully saturated rings. The van der Waals surface area contributed by atoms with Crippen LogP contribution in [0.15, 0.2) is 81.6 Å². The first-order valence-corrected chi connectivity index (χ1v) is 11.8. The molecule has 0 unspecified atom stereocenters. The molecule has 0 amide bonds. The van der Waals surface area contributed by atoms with E-state index in [4.69, 9.17) is 17.4 Å². The Labute approximate surface area is 184 Å². The van der Waals surface area contributed by atoms with Gasteiger partial charge in [-0.3, -0.25) is 4.72 Å². The number of hydrogen-bond donors (Lipinski definition) is 2. The number of rotatable bonds is 8. The minimum Gasteiger partial charge on any atom is -0.323 e. The smallest absolute Gasteiger partial charge is 0.263 e. The van der Waals surface area contributed by atoms with Gasteiger partial charge in [0.1, 0.15) is 10.7 Å². The Bertz CT molecular complexity index is 1150. The molecule has 30 heavy (non-hydrogen) atoms. The highest BCUT2D eigenvalue weighted by Crippen LogP contribution is 2.31. The summed E-state index contributed by atoms with van der Waals surface area (Å²) >= 11 is 7.46. The Hall–Kier alpha value is -2.55. The highest BCUT2D eigenvalue weighted by molar-refractivity contribution is 7.99. The average Bonchev–Trinajstić information content (AvgIpc) is 2.70. The highest BCUT2D eigenvalue weighted by atomic mass is 35.5. The van der Waals surface area contributed by atoms with Gasteiger partial charge in [0.15, 0.2) is 0 Å². The quantitative estimate of drug-likeness (QED) is 0.215. The summed E-state index contributed by atoms with van der Waals surface area (Å²) in [6.45, 7) is 0. The van der Waals surface area contributed by atoms with Gasteiger partial charge in [-0.25, -0.2) is 12.8 Å². The van der Waals surface area contributed by atoms with Crippen molar-refractivity contribution in [2.75, 3.05) is 10.5 Å². The van der Waals surface area contributed by atoms with Crippen LogP contribution in [-0.2, 0) is 16.4 Å².